The number of nitrogens with zero attached hydrogens (tertiary/aromatic N) is 2. The SMILES string of the molecule is O=c1ocnn1-c1c(Cl)cc(Cl)cc1Cl. The van der Waals surface area contributed by atoms with E-state index in [1.54, 1.807) is 0 Å². The highest BCUT2D eigenvalue weighted by molar-refractivity contribution is 6.40. The first-order valence-electron chi connectivity index (χ1n) is 3.77. The van der Waals surface area contributed by atoms with Crippen molar-refractivity contribution in [2.45, 2.75) is 0 Å². The van der Waals surface area contributed by atoms with Crippen LogP contribution >= 0.6 is 34.8 Å². The van der Waals surface area contributed by atoms with E-state index in [1.165, 1.54) is 12.1 Å². The normalized spacial score (nSPS) is 10.6. The summed E-state index contributed by atoms with van der Waals surface area (Å²) in [4.78, 5) is 11.2. The highest BCUT2D eigenvalue weighted by Gasteiger charge is 2.13. The largest absolute Gasteiger partial charge is 0.441 e. The smallest absolute Gasteiger partial charge is 0.395 e. The Morgan fingerprint density at radius 1 is 1.20 bits per heavy atom. The van der Waals surface area contributed by atoms with E-state index >= 15 is 0 Å². The fourth-order valence-corrected chi connectivity index (χ4v) is 2.08. The van der Waals surface area contributed by atoms with E-state index in [0.717, 1.165) is 11.1 Å². The molecule has 0 saturated carbocycles. The number of hydrogen-bond acceptors (Lipinski definition) is 3. The van der Waals surface area contributed by atoms with Crippen LogP contribution in [0.3, 0.4) is 0 Å². The van der Waals surface area contributed by atoms with Crippen molar-refractivity contribution in [3.63, 3.8) is 0 Å². The number of aromatic nitrogens is 2. The second-order valence-corrected chi connectivity index (χ2v) is 3.89. The van der Waals surface area contributed by atoms with E-state index in [0.29, 0.717) is 5.02 Å². The van der Waals surface area contributed by atoms with Crippen LogP contribution in [0.1, 0.15) is 0 Å². The minimum Gasteiger partial charge on any atom is -0.395 e. The summed E-state index contributed by atoms with van der Waals surface area (Å²) < 4.78 is 5.46. The highest BCUT2D eigenvalue weighted by Crippen LogP contribution is 2.30. The van der Waals surface area contributed by atoms with E-state index in [-0.39, 0.29) is 15.7 Å². The molecule has 78 valence electrons. The van der Waals surface area contributed by atoms with E-state index < -0.39 is 5.76 Å². The molecule has 0 unspecified atom stereocenters. The average molecular weight is 265 g/mol. The topological polar surface area (TPSA) is 48.0 Å². The maximum Gasteiger partial charge on any atom is 0.441 e. The summed E-state index contributed by atoms with van der Waals surface area (Å²) in [6.45, 7) is 0. The number of benzene rings is 1. The standard InChI is InChI=1S/C8H3Cl3N2O2/c9-4-1-5(10)7(6(11)2-4)13-8(14)15-3-12-13/h1-3H. The zero-order chi connectivity index (χ0) is 11.0. The Kier molecular flexibility index (Phi) is 2.73. The van der Waals surface area contributed by atoms with E-state index in [9.17, 15) is 4.79 Å². The second-order valence-electron chi connectivity index (χ2n) is 2.63. The molecule has 2 rings (SSSR count). The zero-order valence-corrected chi connectivity index (χ0v) is 9.34. The van der Waals surface area contributed by atoms with Gasteiger partial charge in [-0.2, -0.15) is 4.68 Å². The Morgan fingerprint density at radius 3 is 2.27 bits per heavy atom. The van der Waals surface area contributed by atoms with Crippen LogP contribution in [0, 0.1) is 0 Å². The molecule has 0 aliphatic rings. The molecule has 1 aromatic carbocycles. The van der Waals surface area contributed by atoms with Gasteiger partial charge in [0.2, 0.25) is 6.39 Å². The Bertz CT molecular complexity index is 538. The molecular weight excluding hydrogens is 262 g/mol. The predicted octanol–water partition coefficient (Wildman–Crippen LogP) is 2.79. The molecule has 1 aromatic heterocycles. The first kappa shape index (κ1) is 10.5. The third-order valence-electron chi connectivity index (χ3n) is 1.68. The van der Waals surface area contributed by atoms with Gasteiger partial charge in [0.1, 0.15) is 5.69 Å². The van der Waals surface area contributed by atoms with Gasteiger partial charge in [0, 0.05) is 5.02 Å². The minimum absolute atomic E-state index is 0.225. The van der Waals surface area contributed by atoms with Crippen LogP contribution in [0.4, 0.5) is 0 Å². The minimum atomic E-state index is -0.666. The molecule has 0 N–H and O–H groups in total. The molecule has 0 bridgehead atoms. The lowest BCUT2D eigenvalue weighted by atomic mass is 10.3. The van der Waals surface area contributed by atoms with Gasteiger partial charge < -0.3 is 4.42 Å². The number of hydrogen-bond donors (Lipinski definition) is 0. The van der Waals surface area contributed by atoms with E-state index in [4.69, 9.17) is 34.8 Å². The Hall–Kier alpha value is -0.970. The van der Waals surface area contributed by atoms with Crippen molar-refractivity contribution < 1.29 is 4.42 Å². The van der Waals surface area contributed by atoms with Crippen LogP contribution in [-0.2, 0) is 0 Å². The van der Waals surface area contributed by atoms with Crippen molar-refractivity contribution >= 4 is 34.8 Å². The van der Waals surface area contributed by atoms with Crippen LogP contribution in [0.5, 0.6) is 0 Å². The van der Waals surface area contributed by atoms with E-state index in [1.807, 2.05) is 0 Å². The molecule has 2 aromatic rings. The molecule has 7 heteroatoms. The molecule has 0 saturated heterocycles. The van der Waals surface area contributed by atoms with Crippen LogP contribution in [0.25, 0.3) is 5.69 Å². The van der Waals surface area contributed by atoms with Crippen molar-refractivity contribution in [3.05, 3.63) is 44.1 Å². The van der Waals surface area contributed by atoms with Gasteiger partial charge in [-0.05, 0) is 12.1 Å². The maximum absolute atomic E-state index is 11.2. The van der Waals surface area contributed by atoms with Gasteiger partial charge in [-0.1, -0.05) is 34.8 Å². The van der Waals surface area contributed by atoms with Crippen LogP contribution in [-0.4, -0.2) is 9.78 Å². The van der Waals surface area contributed by atoms with Crippen LogP contribution < -0.4 is 5.76 Å². The molecular formula is C8H3Cl3N2O2. The lowest BCUT2D eigenvalue weighted by Gasteiger charge is -2.04. The summed E-state index contributed by atoms with van der Waals surface area (Å²) in [6.07, 6.45) is 1.00. The van der Waals surface area contributed by atoms with Gasteiger partial charge in [0.05, 0.1) is 10.0 Å². The fraction of sp³-hybridized carbons (Fsp3) is 0. The molecule has 0 atom stereocenters. The fourth-order valence-electron chi connectivity index (χ4n) is 1.10. The summed E-state index contributed by atoms with van der Waals surface area (Å²) in [6, 6.07) is 2.93. The van der Waals surface area contributed by atoms with Gasteiger partial charge >= 0.3 is 5.76 Å². The molecule has 0 radical (unpaired) electrons. The average Bonchev–Trinajstić information content (AvgIpc) is 2.50. The molecule has 0 fully saturated rings. The Labute approximate surface area is 99.0 Å². The van der Waals surface area contributed by atoms with Crippen molar-refractivity contribution in [1.29, 1.82) is 0 Å². The summed E-state index contributed by atoms with van der Waals surface area (Å²) in [5, 5.41) is 4.49. The highest BCUT2D eigenvalue weighted by atomic mass is 35.5. The molecule has 0 amide bonds. The Balaban J connectivity index is 2.74. The summed E-state index contributed by atoms with van der Waals surface area (Å²) in [5.41, 5.74) is 0.251. The first-order valence-corrected chi connectivity index (χ1v) is 4.90. The molecule has 0 spiro atoms. The van der Waals surface area contributed by atoms with Gasteiger partial charge in [0.25, 0.3) is 0 Å². The van der Waals surface area contributed by atoms with Crippen molar-refractivity contribution in [2.75, 3.05) is 0 Å². The molecule has 0 aliphatic heterocycles. The zero-order valence-electron chi connectivity index (χ0n) is 7.08. The maximum atomic E-state index is 11.2. The lowest BCUT2D eigenvalue weighted by molar-refractivity contribution is 0.504. The van der Waals surface area contributed by atoms with Gasteiger partial charge in [-0.15, -0.1) is 5.10 Å². The quantitative estimate of drug-likeness (QED) is 0.796. The third-order valence-corrected chi connectivity index (χ3v) is 2.48. The van der Waals surface area contributed by atoms with Gasteiger partial charge in [-0.25, -0.2) is 4.79 Å². The molecule has 4 nitrogen and oxygen atoms in total. The number of halogens is 3. The van der Waals surface area contributed by atoms with Gasteiger partial charge in [0.15, 0.2) is 0 Å². The predicted molar refractivity (Wildman–Crippen MR) is 57.1 cm³/mol. The molecule has 1 heterocycles. The lowest BCUT2D eigenvalue weighted by Crippen LogP contribution is -2.14. The van der Waals surface area contributed by atoms with Gasteiger partial charge in [-0.3, -0.25) is 0 Å². The summed E-state index contributed by atoms with van der Waals surface area (Å²) >= 11 is 17.5. The molecule has 0 aliphatic carbocycles. The first-order chi connectivity index (χ1) is 7.09. The van der Waals surface area contributed by atoms with Crippen molar-refractivity contribution in [1.82, 2.24) is 9.78 Å². The molecule has 15 heavy (non-hydrogen) atoms. The van der Waals surface area contributed by atoms with E-state index in [2.05, 4.69) is 9.52 Å². The number of rotatable bonds is 1. The van der Waals surface area contributed by atoms with Crippen molar-refractivity contribution in [3.8, 4) is 5.69 Å². The van der Waals surface area contributed by atoms with Crippen LogP contribution in [0.2, 0.25) is 15.1 Å². The second kappa shape index (κ2) is 3.89. The third kappa shape index (κ3) is 1.88. The monoisotopic (exact) mass is 264 g/mol. The Morgan fingerprint density at radius 2 is 1.80 bits per heavy atom. The summed E-state index contributed by atoms with van der Waals surface area (Å²) in [7, 11) is 0. The summed E-state index contributed by atoms with van der Waals surface area (Å²) in [5.74, 6) is -0.666. The van der Waals surface area contributed by atoms with Crippen LogP contribution in [0.15, 0.2) is 27.7 Å². The van der Waals surface area contributed by atoms with Crippen molar-refractivity contribution in [2.24, 2.45) is 0 Å².